The van der Waals surface area contributed by atoms with Crippen molar-refractivity contribution in [1.82, 2.24) is 20.2 Å². The number of amides is 2. The monoisotopic (exact) mass is 314 g/mol. The van der Waals surface area contributed by atoms with Crippen molar-refractivity contribution in [1.29, 1.82) is 0 Å². The fourth-order valence-corrected chi connectivity index (χ4v) is 2.96. The number of likely N-dealkylation sites (tertiary alicyclic amines) is 1. The zero-order chi connectivity index (χ0) is 16.2. The average Bonchev–Trinajstić information content (AvgIpc) is 3.16. The standard InChI is InChI=1S/C17H22N4O2/c1-12(21-11-5-9-16(21)22)17(23)18-10-4-8-15-19-13-6-2-3-7-14(13)20-15/h2-3,6-7,12H,4-5,8-11H2,1H3,(H,18,23)(H,19,20)/t12-/m0/s1. The molecule has 3 rings (SSSR count). The van der Waals surface area contributed by atoms with Gasteiger partial charge in [0.25, 0.3) is 0 Å². The van der Waals surface area contributed by atoms with Crippen molar-refractivity contribution in [2.24, 2.45) is 0 Å². The first kappa shape index (κ1) is 15.5. The second kappa shape index (κ2) is 6.81. The molecule has 0 radical (unpaired) electrons. The van der Waals surface area contributed by atoms with E-state index in [2.05, 4.69) is 15.3 Å². The lowest BCUT2D eigenvalue weighted by atomic mass is 10.2. The van der Waals surface area contributed by atoms with Gasteiger partial charge < -0.3 is 15.2 Å². The maximum absolute atomic E-state index is 12.1. The van der Waals surface area contributed by atoms with Crippen molar-refractivity contribution >= 4 is 22.8 Å². The molecule has 6 nitrogen and oxygen atoms in total. The van der Waals surface area contributed by atoms with Crippen LogP contribution in [0.1, 0.15) is 32.0 Å². The molecule has 1 atom stereocenters. The Kier molecular flexibility index (Phi) is 4.60. The largest absolute Gasteiger partial charge is 0.354 e. The number of hydrogen-bond donors (Lipinski definition) is 2. The van der Waals surface area contributed by atoms with E-state index >= 15 is 0 Å². The SMILES string of the molecule is C[C@@H](C(=O)NCCCc1nc2ccccc2[nH]1)N1CCCC1=O. The van der Waals surface area contributed by atoms with Gasteiger partial charge in [-0.15, -0.1) is 0 Å². The van der Waals surface area contributed by atoms with Crippen LogP contribution in [0.4, 0.5) is 0 Å². The number of nitrogens with one attached hydrogen (secondary N) is 2. The number of hydrogen-bond acceptors (Lipinski definition) is 3. The van der Waals surface area contributed by atoms with Gasteiger partial charge in [-0.2, -0.15) is 0 Å². The molecular weight excluding hydrogens is 292 g/mol. The molecule has 1 fully saturated rings. The fraction of sp³-hybridized carbons (Fsp3) is 0.471. The number of H-pyrrole nitrogens is 1. The quantitative estimate of drug-likeness (QED) is 0.795. The number of aromatic nitrogens is 2. The van der Waals surface area contributed by atoms with Crippen LogP contribution in [0.5, 0.6) is 0 Å². The fourth-order valence-electron chi connectivity index (χ4n) is 2.96. The van der Waals surface area contributed by atoms with Gasteiger partial charge in [0.15, 0.2) is 0 Å². The van der Waals surface area contributed by atoms with Crippen molar-refractivity contribution in [2.75, 3.05) is 13.1 Å². The summed E-state index contributed by atoms with van der Waals surface area (Å²) in [4.78, 5) is 33.2. The van der Waals surface area contributed by atoms with Gasteiger partial charge in [0.05, 0.1) is 11.0 Å². The molecule has 0 spiro atoms. The van der Waals surface area contributed by atoms with Crippen LogP contribution in [-0.2, 0) is 16.0 Å². The summed E-state index contributed by atoms with van der Waals surface area (Å²) in [5.74, 6) is 0.933. The molecule has 2 amide bonds. The number of nitrogens with zero attached hydrogens (tertiary/aromatic N) is 2. The topological polar surface area (TPSA) is 78.1 Å². The Morgan fingerprint density at radius 3 is 3.00 bits per heavy atom. The molecule has 6 heteroatoms. The van der Waals surface area contributed by atoms with Crippen molar-refractivity contribution < 1.29 is 9.59 Å². The van der Waals surface area contributed by atoms with Crippen molar-refractivity contribution in [2.45, 2.75) is 38.6 Å². The number of carbonyl (C=O) groups excluding carboxylic acids is 2. The predicted octanol–water partition coefficient (Wildman–Crippen LogP) is 1.62. The Bertz CT molecular complexity index is 676. The van der Waals surface area contributed by atoms with E-state index in [-0.39, 0.29) is 17.9 Å². The first-order valence-electron chi connectivity index (χ1n) is 8.16. The summed E-state index contributed by atoms with van der Waals surface area (Å²) in [6.45, 7) is 3.06. The number of carbonyl (C=O) groups is 2. The molecule has 0 bridgehead atoms. The lowest BCUT2D eigenvalue weighted by molar-refractivity contribution is -0.136. The minimum atomic E-state index is -0.379. The highest BCUT2D eigenvalue weighted by Crippen LogP contribution is 2.13. The summed E-state index contributed by atoms with van der Waals surface area (Å²) in [6.07, 6.45) is 3.00. The minimum Gasteiger partial charge on any atom is -0.354 e. The molecule has 2 aromatic rings. The average molecular weight is 314 g/mol. The van der Waals surface area contributed by atoms with E-state index in [1.165, 1.54) is 0 Å². The van der Waals surface area contributed by atoms with E-state index in [1.54, 1.807) is 11.8 Å². The van der Waals surface area contributed by atoms with E-state index in [4.69, 9.17) is 0 Å². The van der Waals surface area contributed by atoms with E-state index in [9.17, 15) is 9.59 Å². The Labute approximate surface area is 135 Å². The molecule has 1 aromatic carbocycles. The Morgan fingerprint density at radius 1 is 1.43 bits per heavy atom. The zero-order valence-electron chi connectivity index (χ0n) is 13.3. The minimum absolute atomic E-state index is 0.0786. The Balaban J connectivity index is 1.44. The number of fused-ring (bicyclic) bond motifs is 1. The molecule has 0 unspecified atom stereocenters. The molecule has 23 heavy (non-hydrogen) atoms. The molecule has 2 heterocycles. The highest BCUT2D eigenvalue weighted by atomic mass is 16.2. The summed E-state index contributed by atoms with van der Waals surface area (Å²) < 4.78 is 0. The Morgan fingerprint density at radius 2 is 2.26 bits per heavy atom. The van der Waals surface area contributed by atoms with Gasteiger partial charge in [0, 0.05) is 25.9 Å². The molecule has 1 aliphatic rings. The number of benzene rings is 1. The van der Waals surface area contributed by atoms with Gasteiger partial charge in [-0.3, -0.25) is 9.59 Å². The van der Waals surface area contributed by atoms with Crippen LogP contribution >= 0.6 is 0 Å². The molecule has 1 aromatic heterocycles. The molecule has 0 aliphatic carbocycles. The predicted molar refractivity (Wildman–Crippen MR) is 87.8 cm³/mol. The van der Waals surface area contributed by atoms with E-state index in [0.29, 0.717) is 19.5 Å². The molecule has 1 aliphatic heterocycles. The van der Waals surface area contributed by atoms with Crippen LogP contribution in [0.2, 0.25) is 0 Å². The van der Waals surface area contributed by atoms with Gasteiger partial charge in [0.1, 0.15) is 11.9 Å². The van der Waals surface area contributed by atoms with Crippen LogP contribution in [-0.4, -0.2) is 45.8 Å². The van der Waals surface area contributed by atoms with E-state index < -0.39 is 0 Å². The number of aryl methyl sites for hydroxylation is 1. The van der Waals surface area contributed by atoms with Crippen LogP contribution in [0.15, 0.2) is 24.3 Å². The zero-order valence-corrected chi connectivity index (χ0v) is 13.3. The number of para-hydroxylation sites is 2. The normalized spacial score (nSPS) is 16.0. The molecule has 2 N–H and O–H groups in total. The Hall–Kier alpha value is -2.37. The van der Waals surface area contributed by atoms with Gasteiger partial charge >= 0.3 is 0 Å². The van der Waals surface area contributed by atoms with Crippen LogP contribution in [0.3, 0.4) is 0 Å². The summed E-state index contributed by atoms with van der Waals surface area (Å²) in [6, 6.07) is 7.55. The van der Waals surface area contributed by atoms with Crippen LogP contribution in [0.25, 0.3) is 11.0 Å². The summed E-state index contributed by atoms with van der Waals surface area (Å²) in [7, 11) is 0. The highest BCUT2D eigenvalue weighted by Gasteiger charge is 2.28. The third kappa shape index (κ3) is 3.52. The number of imidazole rings is 1. The second-order valence-corrected chi connectivity index (χ2v) is 5.96. The summed E-state index contributed by atoms with van der Waals surface area (Å²) >= 11 is 0. The van der Waals surface area contributed by atoms with E-state index in [1.807, 2.05) is 24.3 Å². The van der Waals surface area contributed by atoms with Gasteiger partial charge in [0.2, 0.25) is 11.8 Å². The van der Waals surface area contributed by atoms with Crippen LogP contribution < -0.4 is 5.32 Å². The maximum Gasteiger partial charge on any atom is 0.242 e. The highest BCUT2D eigenvalue weighted by molar-refractivity contribution is 5.88. The molecule has 122 valence electrons. The molecular formula is C17H22N4O2. The lowest BCUT2D eigenvalue weighted by Gasteiger charge is -2.23. The van der Waals surface area contributed by atoms with Crippen molar-refractivity contribution in [3.63, 3.8) is 0 Å². The molecule has 1 saturated heterocycles. The number of rotatable bonds is 6. The lowest BCUT2D eigenvalue weighted by Crippen LogP contribution is -2.45. The first-order chi connectivity index (χ1) is 11.1. The second-order valence-electron chi connectivity index (χ2n) is 5.96. The smallest absolute Gasteiger partial charge is 0.242 e. The third-order valence-electron chi connectivity index (χ3n) is 4.28. The number of aromatic amines is 1. The third-order valence-corrected chi connectivity index (χ3v) is 4.28. The summed E-state index contributed by atoms with van der Waals surface area (Å²) in [5, 5.41) is 2.91. The van der Waals surface area contributed by atoms with Gasteiger partial charge in [-0.1, -0.05) is 12.1 Å². The molecule has 0 saturated carbocycles. The van der Waals surface area contributed by atoms with Crippen molar-refractivity contribution in [3.8, 4) is 0 Å². The first-order valence-corrected chi connectivity index (χ1v) is 8.16. The van der Waals surface area contributed by atoms with E-state index in [0.717, 1.165) is 36.1 Å². The van der Waals surface area contributed by atoms with Crippen molar-refractivity contribution in [3.05, 3.63) is 30.1 Å². The summed E-state index contributed by atoms with van der Waals surface area (Å²) in [5.41, 5.74) is 2.00. The van der Waals surface area contributed by atoms with Gasteiger partial charge in [-0.25, -0.2) is 4.98 Å². The maximum atomic E-state index is 12.1. The van der Waals surface area contributed by atoms with Crippen LogP contribution in [0, 0.1) is 0 Å². The van der Waals surface area contributed by atoms with Gasteiger partial charge in [-0.05, 0) is 31.9 Å².